The van der Waals surface area contributed by atoms with Crippen molar-refractivity contribution in [2.24, 2.45) is 0 Å². The fraction of sp³-hybridized carbons (Fsp3) is 0.125. The molecule has 136 valence electrons. The van der Waals surface area contributed by atoms with E-state index in [1.807, 2.05) is 0 Å². The van der Waals surface area contributed by atoms with Crippen molar-refractivity contribution >= 4 is 28.5 Å². The summed E-state index contributed by atoms with van der Waals surface area (Å²) in [5.41, 5.74) is -2.69. The van der Waals surface area contributed by atoms with Crippen molar-refractivity contribution in [1.29, 1.82) is 0 Å². The van der Waals surface area contributed by atoms with Crippen LogP contribution in [0.4, 0.5) is 0 Å². The van der Waals surface area contributed by atoms with Gasteiger partial charge in [-0.2, -0.15) is 0 Å². The quantitative estimate of drug-likeness (QED) is 0.326. The third-order valence-corrected chi connectivity index (χ3v) is 3.60. The minimum atomic E-state index is -1.59. The number of benzene rings is 1. The zero-order valence-corrected chi connectivity index (χ0v) is 12.9. The zero-order valence-electron chi connectivity index (χ0n) is 12.9. The van der Waals surface area contributed by atoms with E-state index in [4.69, 9.17) is 10.2 Å². The van der Waals surface area contributed by atoms with Gasteiger partial charge in [-0.05, 0) is 12.1 Å². The van der Waals surface area contributed by atoms with Crippen LogP contribution in [0, 0.1) is 0 Å². The first kappa shape index (κ1) is 18.5. The second kappa shape index (κ2) is 6.59. The average Bonchev–Trinajstić information content (AvgIpc) is 2.68. The van der Waals surface area contributed by atoms with E-state index in [0.29, 0.717) is 6.07 Å². The van der Waals surface area contributed by atoms with Crippen LogP contribution in [0.25, 0.3) is 10.8 Å². The van der Waals surface area contributed by atoms with Gasteiger partial charge in [-0.1, -0.05) is 0 Å². The third kappa shape index (κ3) is 3.07. The summed E-state index contributed by atoms with van der Waals surface area (Å²) in [5, 5.41) is 55.8. The summed E-state index contributed by atoms with van der Waals surface area (Å²) >= 11 is 0. The Balaban J connectivity index is 3.02. The van der Waals surface area contributed by atoms with Gasteiger partial charge >= 0.3 is 11.9 Å². The summed E-state index contributed by atoms with van der Waals surface area (Å²) in [6.07, 6.45) is -1.27. The molecule has 2 rings (SSSR count). The molecule has 0 spiro atoms. The van der Waals surface area contributed by atoms with Gasteiger partial charge in [0.1, 0.15) is 0 Å². The molecule has 0 bridgehead atoms. The SMILES string of the molecule is O=C(O)CCC(=O)c1c(O)c(O)c(O)c2c(=O)c(O)cc(C(=O)O)cc12. The van der Waals surface area contributed by atoms with Gasteiger partial charge in [-0.15, -0.1) is 0 Å². The molecule has 0 aliphatic carbocycles. The Morgan fingerprint density at radius 3 is 2.00 bits per heavy atom. The number of phenolic OH excluding ortho intramolecular Hbond substituents is 3. The van der Waals surface area contributed by atoms with E-state index in [0.717, 1.165) is 6.07 Å². The van der Waals surface area contributed by atoms with E-state index in [1.54, 1.807) is 0 Å². The summed E-state index contributed by atoms with van der Waals surface area (Å²) in [5.74, 6) is -8.58. The van der Waals surface area contributed by atoms with E-state index in [9.17, 15) is 39.6 Å². The highest BCUT2D eigenvalue weighted by Gasteiger charge is 2.26. The summed E-state index contributed by atoms with van der Waals surface area (Å²) in [6.45, 7) is 0. The van der Waals surface area contributed by atoms with Crippen molar-refractivity contribution < 1.29 is 45.0 Å². The molecule has 0 amide bonds. The van der Waals surface area contributed by atoms with E-state index < -0.39 is 80.9 Å². The molecule has 0 atom stereocenters. The van der Waals surface area contributed by atoms with Gasteiger partial charge in [-0.3, -0.25) is 14.4 Å². The van der Waals surface area contributed by atoms with Gasteiger partial charge < -0.3 is 30.6 Å². The van der Waals surface area contributed by atoms with Gasteiger partial charge in [0.15, 0.2) is 23.0 Å². The molecule has 0 aliphatic rings. The molecule has 0 heterocycles. The Kier molecular flexibility index (Phi) is 4.69. The molecule has 10 nitrogen and oxygen atoms in total. The molecular weight excluding hydrogens is 352 g/mol. The molecule has 0 fully saturated rings. The molecule has 26 heavy (non-hydrogen) atoms. The second-order valence-electron chi connectivity index (χ2n) is 5.29. The van der Waals surface area contributed by atoms with Crippen LogP contribution >= 0.6 is 0 Å². The first-order valence-corrected chi connectivity index (χ1v) is 7.02. The standard InChI is InChI=1S/C16H12O10/c17-7(1-2-9(19)20)10-6-3-5(16(25)26)4-8(18)12(21)11(6)14(23)15(24)13(10)22/h3-4,22-24H,1-2H2,(H,18,21)(H,19,20)(H,25,26). The molecule has 6 N–H and O–H groups in total. The molecule has 0 aliphatic heterocycles. The van der Waals surface area contributed by atoms with Crippen LogP contribution in [0.3, 0.4) is 0 Å². The molecule has 10 heteroatoms. The predicted octanol–water partition coefficient (Wildman–Crippen LogP) is 0.768. The number of aromatic carboxylic acids is 1. The van der Waals surface area contributed by atoms with Gasteiger partial charge in [0.25, 0.3) is 0 Å². The number of phenols is 3. The number of hydrogen-bond acceptors (Lipinski definition) is 8. The average molecular weight is 364 g/mol. The Hall–Kier alpha value is -3.82. The molecule has 0 unspecified atom stereocenters. The normalized spacial score (nSPS) is 10.6. The van der Waals surface area contributed by atoms with Crippen molar-refractivity contribution in [1.82, 2.24) is 0 Å². The lowest BCUT2D eigenvalue weighted by atomic mass is 9.97. The van der Waals surface area contributed by atoms with Crippen LogP contribution in [-0.4, -0.2) is 48.4 Å². The fourth-order valence-corrected chi connectivity index (χ4v) is 2.39. The van der Waals surface area contributed by atoms with Crippen LogP contribution in [-0.2, 0) is 4.79 Å². The van der Waals surface area contributed by atoms with Crippen LogP contribution in [0.1, 0.15) is 33.6 Å². The Morgan fingerprint density at radius 2 is 1.46 bits per heavy atom. The van der Waals surface area contributed by atoms with Crippen LogP contribution < -0.4 is 5.43 Å². The summed E-state index contributed by atoms with van der Waals surface area (Å²) in [6, 6.07) is 1.31. The number of carbonyl (C=O) groups excluding carboxylic acids is 1. The first-order chi connectivity index (χ1) is 12.1. The first-order valence-electron chi connectivity index (χ1n) is 7.02. The second-order valence-corrected chi connectivity index (χ2v) is 5.29. The highest BCUT2D eigenvalue weighted by atomic mass is 16.4. The number of aromatic hydroxyl groups is 4. The van der Waals surface area contributed by atoms with Crippen molar-refractivity contribution in [3.8, 4) is 23.0 Å². The highest BCUT2D eigenvalue weighted by Crippen LogP contribution is 2.44. The summed E-state index contributed by atoms with van der Waals surface area (Å²) in [7, 11) is 0. The molecule has 2 aromatic rings. The number of carbonyl (C=O) groups is 3. The number of ketones is 1. The van der Waals surface area contributed by atoms with Crippen molar-refractivity contribution in [2.45, 2.75) is 12.8 Å². The third-order valence-electron chi connectivity index (χ3n) is 3.60. The Bertz CT molecular complexity index is 1020. The number of fused-ring (bicyclic) bond motifs is 1. The molecular formula is C16H12O10. The van der Waals surface area contributed by atoms with Crippen molar-refractivity contribution in [2.75, 3.05) is 0 Å². The molecule has 0 saturated heterocycles. The number of carboxylic acid groups (broad SMARTS) is 2. The van der Waals surface area contributed by atoms with Crippen molar-refractivity contribution in [3.05, 3.63) is 33.5 Å². The van der Waals surface area contributed by atoms with Gasteiger partial charge in [0.2, 0.25) is 11.2 Å². The molecule has 0 aromatic heterocycles. The number of hydrogen-bond donors (Lipinski definition) is 6. The largest absolute Gasteiger partial charge is 0.504 e. The highest BCUT2D eigenvalue weighted by molar-refractivity contribution is 6.14. The summed E-state index contributed by atoms with van der Waals surface area (Å²) in [4.78, 5) is 46.4. The molecule has 0 radical (unpaired) electrons. The number of Topliss-reactive ketones (excluding diaryl/α,β-unsaturated/α-hetero) is 1. The maximum Gasteiger partial charge on any atom is 0.335 e. The summed E-state index contributed by atoms with van der Waals surface area (Å²) < 4.78 is 0. The predicted molar refractivity (Wildman–Crippen MR) is 85.0 cm³/mol. The minimum absolute atomic E-state index is 0.559. The number of aliphatic carboxylic acids is 1. The van der Waals surface area contributed by atoms with Gasteiger partial charge in [-0.25, -0.2) is 4.79 Å². The number of carboxylic acids is 2. The maximum absolute atomic E-state index is 12.3. The smallest absolute Gasteiger partial charge is 0.335 e. The van der Waals surface area contributed by atoms with E-state index >= 15 is 0 Å². The van der Waals surface area contributed by atoms with E-state index in [1.165, 1.54) is 0 Å². The minimum Gasteiger partial charge on any atom is -0.504 e. The van der Waals surface area contributed by atoms with Crippen molar-refractivity contribution in [3.63, 3.8) is 0 Å². The van der Waals surface area contributed by atoms with Gasteiger partial charge in [0, 0.05) is 11.8 Å². The van der Waals surface area contributed by atoms with Crippen LogP contribution in [0.15, 0.2) is 16.9 Å². The zero-order chi connectivity index (χ0) is 19.8. The maximum atomic E-state index is 12.3. The lowest BCUT2D eigenvalue weighted by Gasteiger charge is -2.10. The lowest BCUT2D eigenvalue weighted by molar-refractivity contribution is -0.136. The Labute approximate surface area is 143 Å². The monoisotopic (exact) mass is 364 g/mol. The fourth-order valence-electron chi connectivity index (χ4n) is 2.39. The van der Waals surface area contributed by atoms with E-state index in [2.05, 4.69) is 0 Å². The number of rotatable bonds is 5. The lowest BCUT2D eigenvalue weighted by Crippen LogP contribution is -2.07. The van der Waals surface area contributed by atoms with E-state index in [-0.39, 0.29) is 0 Å². The van der Waals surface area contributed by atoms with Crippen LogP contribution in [0.2, 0.25) is 0 Å². The molecule has 2 aromatic carbocycles. The van der Waals surface area contributed by atoms with Crippen LogP contribution in [0.5, 0.6) is 23.0 Å². The topological polar surface area (TPSA) is 190 Å². The molecule has 0 saturated carbocycles. The Morgan fingerprint density at radius 1 is 0.846 bits per heavy atom. The van der Waals surface area contributed by atoms with Gasteiger partial charge in [0.05, 0.1) is 22.9 Å².